The molecule has 0 aromatic rings. The summed E-state index contributed by atoms with van der Waals surface area (Å²) in [4.78, 5) is 2.25. The minimum absolute atomic E-state index is 0.598. The van der Waals surface area contributed by atoms with Gasteiger partial charge >= 0.3 is 7.12 Å². The normalized spacial score (nSPS) is 26.2. The van der Waals surface area contributed by atoms with Gasteiger partial charge < -0.3 is 14.6 Å². The predicted octanol–water partition coefficient (Wildman–Crippen LogP) is -0.332. The van der Waals surface area contributed by atoms with Gasteiger partial charge in [0.2, 0.25) is 0 Å². The molecule has 60 valence electrons. The first-order valence-electron chi connectivity index (χ1n) is 3.96. The van der Waals surface area contributed by atoms with E-state index in [0.29, 0.717) is 6.61 Å². The van der Waals surface area contributed by atoms with Crippen molar-refractivity contribution in [2.24, 2.45) is 0 Å². The molecule has 0 aromatic heterocycles. The first-order valence-corrected chi connectivity index (χ1v) is 3.96. The lowest BCUT2D eigenvalue weighted by Gasteiger charge is -2.23. The van der Waals surface area contributed by atoms with Crippen molar-refractivity contribution in [1.82, 2.24) is 4.90 Å². The lowest BCUT2D eigenvalue weighted by Crippen LogP contribution is -2.29. The van der Waals surface area contributed by atoms with Crippen LogP contribution in [0.4, 0.5) is 0 Å². The van der Waals surface area contributed by atoms with Crippen molar-refractivity contribution in [3.63, 3.8) is 0 Å². The van der Waals surface area contributed by atoms with Gasteiger partial charge in [-0.1, -0.05) is 0 Å². The average molecular weight is 153 g/mol. The molecule has 0 aromatic carbocycles. The molecule has 1 N–H and O–H groups in total. The molecule has 2 heterocycles. The Balaban J connectivity index is 2.17. The number of nitrogens with zero attached hydrogens (tertiary/aromatic N) is 1. The maximum Gasteiger partial charge on any atom is 0.487 e. The zero-order chi connectivity index (χ0) is 7.84. The van der Waals surface area contributed by atoms with E-state index >= 15 is 0 Å². The van der Waals surface area contributed by atoms with E-state index in [2.05, 4.69) is 11.9 Å². The average Bonchev–Trinajstić information content (AvgIpc) is 2.32. The SMILES string of the molecule is CN1CCC2=C(COB2O)C1. The van der Waals surface area contributed by atoms with Crippen molar-refractivity contribution < 1.29 is 9.68 Å². The van der Waals surface area contributed by atoms with E-state index in [9.17, 15) is 5.02 Å². The van der Waals surface area contributed by atoms with Gasteiger partial charge in [0.15, 0.2) is 0 Å². The maximum atomic E-state index is 9.31. The van der Waals surface area contributed by atoms with E-state index in [4.69, 9.17) is 4.65 Å². The van der Waals surface area contributed by atoms with Crippen molar-refractivity contribution >= 4 is 7.12 Å². The van der Waals surface area contributed by atoms with Crippen LogP contribution in [0.25, 0.3) is 0 Å². The van der Waals surface area contributed by atoms with Crippen LogP contribution < -0.4 is 0 Å². The molecular weight excluding hydrogens is 141 g/mol. The summed E-state index contributed by atoms with van der Waals surface area (Å²) in [5.74, 6) is 0. The number of hydrogen-bond donors (Lipinski definition) is 1. The zero-order valence-electron chi connectivity index (χ0n) is 6.71. The van der Waals surface area contributed by atoms with Gasteiger partial charge in [-0.3, -0.25) is 0 Å². The van der Waals surface area contributed by atoms with Gasteiger partial charge in [0.05, 0.1) is 6.61 Å². The van der Waals surface area contributed by atoms with Crippen LogP contribution in [0.1, 0.15) is 6.42 Å². The minimum Gasteiger partial charge on any atom is -0.423 e. The standard InChI is InChI=1S/C7H12BNO2/c1-9-3-2-7-6(4-9)5-11-8(7)10/h10H,2-5H2,1H3. The lowest BCUT2D eigenvalue weighted by molar-refractivity contribution is 0.298. The number of hydrogen-bond acceptors (Lipinski definition) is 3. The Morgan fingerprint density at radius 1 is 1.64 bits per heavy atom. The molecule has 0 fully saturated rings. The Bertz CT molecular complexity index is 205. The Hall–Kier alpha value is -0.315. The summed E-state index contributed by atoms with van der Waals surface area (Å²) in [5.41, 5.74) is 2.41. The summed E-state index contributed by atoms with van der Waals surface area (Å²) in [6.45, 7) is 2.63. The number of likely N-dealkylation sites (N-methyl/N-ethyl adjacent to an activating group) is 1. The van der Waals surface area contributed by atoms with Crippen LogP contribution in [-0.4, -0.2) is 43.8 Å². The van der Waals surface area contributed by atoms with Crippen LogP contribution in [-0.2, 0) is 4.65 Å². The zero-order valence-corrected chi connectivity index (χ0v) is 6.71. The highest BCUT2D eigenvalue weighted by atomic mass is 16.5. The van der Waals surface area contributed by atoms with Crippen LogP contribution in [0.3, 0.4) is 0 Å². The van der Waals surface area contributed by atoms with Crippen LogP contribution in [0.15, 0.2) is 11.0 Å². The Kier molecular flexibility index (Phi) is 1.75. The summed E-state index contributed by atoms with van der Waals surface area (Å²) in [6, 6.07) is 0. The van der Waals surface area contributed by atoms with Crippen molar-refractivity contribution in [1.29, 1.82) is 0 Å². The molecule has 0 atom stereocenters. The molecule has 3 nitrogen and oxygen atoms in total. The summed E-state index contributed by atoms with van der Waals surface area (Å²) >= 11 is 0. The summed E-state index contributed by atoms with van der Waals surface area (Å²) in [5, 5.41) is 9.31. The fraction of sp³-hybridized carbons (Fsp3) is 0.714. The molecule has 2 aliphatic heterocycles. The maximum absolute atomic E-state index is 9.31. The molecule has 0 radical (unpaired) electrons. The molecule has 2 rings (SSSR count). The van der Waals surface area contributed by atoms with Crippen LogP contribution >= 0.6 is 0 Å². The van der Waals surface area contributed by atoms with E-state index in [-0.39, 0.29) is 0 Å². The molecular formula is C7H12BNO2. The van der Waals surface area contributed by atoms with E-state index in [1.165, 1.54) is 5.57 Å². The van der Waals surface area contributed by atoms with Crippen LogP contribution in [0, 0.1) is 0 Å². The van der Waals surface area contributed by atoms with Crippen molar-refractivity contribution in [2.45, 2.75) is 6.42 Å². The molecule has 0 amide bonds. The van der Waals surface area contributed by atoms with Gasteiger partial charge in [-0.25, -0.2) is 0 Å². The van der Waals surface area contributed by atoms with Gasteiger partial charge in [-0.2, -0.15) is 0 Å². The Labute approximate surface area is 66.8 Å². The van der Waals surface area contributed by atoms with E-state index in [0.717, 1.165) is 25.0 Å². The second kappa shape index (κ2) is 2.62. The molecule has 11 heavy (non-hydrogen) atoms. The third-order valence-electron chi connectivity index (χ3n) is 2.39. The quantitative estimate of drug-likeness (QED) is 0.483. The summed E-state index contributed by atoms with van der Waals surface area (Å²) in [6.07, 6.45) is 0.965. The number of rotatable bonds is 0. The van der Waals surface area contributed by atoms with Crippen LogP contribution in [0.2, 0.25) is 0 Å². The first kappa shape index (κ1) is 7.34. The highest BCUT2D eigenvalue weighted by Gasteiger charge is 2.32. The first-order chi connectivity index (χ1) is 5.27. The topological polar surface area (TPSA) is 32.7 Å². The molecule has 0 saturated carbocycles. The van der Waals surface area contributed by atoms with Gasteiger partial charge in [0, 0.05) is 13.1 Å². The Morgan fingerprint density at radius 3 is 3.27 bits per heavy atom. The predicted molar refractivity (Wildman–Crippen MR) is 43.1 cm³/mol. The van der Waals surface area contributed by atoms with Gasteiger partial charge in [0.1, 0.15) is 0 Å². The van der Waals surface area contributed by atoms with Crippen molar-refractivity contribution in [3.05, 3.63) is 11.0 Å². The minimum atomic E-state index is -0.598. The van der Waals surface area contributed by atoms with E-state index < -0.39 is 7.12 Å². The summed E-state index contributed by atoms with van der Waals surface area (Å²) in [7, 11) is 1.49. The second-order valence-corrected chi connectivity index (χ2v) is 3.28. The van der Waals surface area contributed by atoms with E-state index in [1.54, 1.807) is 0 Å². The molecule has 0 unspecified atom stereocenters. The molecule has 4 heteroatoms. The van der Waals surface area contributed by atoms with E-state index in [1.807, 2.05) is 0 Å². The van der Waals surface area contributed by atoms with Crippen molar-refractivity contribution in [2.75, 3.05) is 26.7 Å². The van der Waals surface area contributed by atoms with Gasteiger partial charge in [-0.15, -0.1) is 0 Å². The lowest BCUT2D eigenvalue weighted by atomic mass is 9.75. The summed E-state index contributed by atoms with van der Waals surface area (Å²) < 4.78 is 5.10. The fourth-order valence-corrected chi connectivity index (χ4v) is 1.71. The monoisotopic (exact) mass is 153 g/mol. The highest BCUT2D eigenvalue weighted by molar-refractivity contribution is 6.53. The fourth-order valence-electron chi connectivity index (χ4n) is 1.71. The Morgan fingerprint density at radius 2 is 2.45 bits per heavy atom. The molecule has 0 saturated heterocycles. The third kappa shape index (κ3) is 1.22. The van der Waals surface area contributed by atoms with Gasteiger partial charge in [0.25, 0.3) is 0 Å². The molecule has 2 aliphatic rings. The smallest absolute Gasteiger partial charge is 0.423 e. The largest absolute Gasteiger partial charge is 0.487 e. The molecule has 0 spiro atoms. The second-order valence-electron chi connectivity index (χ2n) is 3.28. The highest BCUT2D eigenvalue weighted by Crippen LogP contribution is 2.24. The van der Waals surface area contributed by atoms with Crippen LogP contribution in [0.5, 0.6) is 0 Å². The molecule has 0 bridgehead atoms. The van der Waals surface area contributed by atoms with Crippen molar-refractivity contribution in [3.8, 4) is 0 Å². The third-order valence-corrected chi connectivity index (χ3v) is 2.39. The van der Waals surface area contributed by atoms with Gasteiger partial charge in [-0.05, 0) is 24.5 Å². The molecule has 0 aliphatic carbocycles.